The summed E-state index contributed by atoms with van der Waals surface area (Å²) in [7, 11) is 0. The van der Waals surface area contributed by atoms with Crippen molar-refractivity contribution in [1.29, 1.82) is 0 Å². The van der Waals surface area contributed by atoms with E-state index in [-0.39, 0.29) is 5.75 Å². The summed E-state index contributed by atoms with van der Waals surface area (Å²) in [5, 5.41) is 10.3. The maximum atomic E-state index is 9.42. The van der Waals surface area contributed by atoms with Gasteiger partial charge in [-0.2, -0.15) is 0 Å². The van der Waals surface area contributed by atoms with Crippen LogP contribution in [0.5, 0.6) is 5.75 Å². The van der Waals surface area contributed by atoms with E-state index in [0.717, 1.165) is 25.4 Å². The van der Waals surface area contributed by atoms with E-state index in [9.17, 15) is 5.11 Å². The first kappa shape index (κ1) is 10.7. The first-order chi connectivity index (χ1) is 8.22. The van der Waals surface area contributed by atoms with Crippen LogP contribution in [0.3, 0.4) is 0 Å². The van der Waals surface area contributed by atoms with Crippen LogP contribution in [0.2, 0.25) is 0 Å². The second kappa shape index (κ2) is 4.09. The molecule has 0 saturated heterocycles. The molecule has 3 nitrogen and oxygen atoms in total. The molecule has 0 bridgehead atoms. The van der Waals surface area contributed by atoms with Crippen molar-refractivity contribution >= 4 is 37.5 Å². The van der Waals surface area contributed by atoms with E-state index < -0.39 is 0 Å². The number of phenolic OH excluding ortho intramolecular Hbond substituents is 1. The Bertz CT molecular complexity index is 696. The molecule has 0 amide bonds. The predicted molar refractivity (Wildman–Crippen MR) is 72.2 cm³/mol. The summed E-state index contributed by atoms with van der Waals surface area (Å²) in [5.74, 6) is 0.267. The Morgan fingerprint density at radius 1 is 1.18 bits per heavy atom. The third kappa shape index (κ3) is 2.03. The number of aromatic hydroxyl groups is 1. The van der Waals surface area contributed by atoms with Crippen LogP contribution in [0, 0.1) is 0 Å². The zero-order chi connectivity index (χ0) is 11.8. The molecule has 1 aromatic carbocycles. The molecule has 0 aliphatic carbocycles. The van der Waals surface area contributed by atoms with Gasteiger partial charge in [0, 0.05) is 11.8 Å². The molecule has 0 saturated carbocycles. The number of fused-ring (bicyclic) bond motifs is 1. The number of halogens is 1. The Labute approximate surface area is 110 Å². The zero-order valence-corrected chi connectivity index (χ0v) is 11.0. The van der Waals surface area contributed by atoms with E-state index in [1.54, 1.807) is 29.7 Å². The molecule has 84 valence electrons. The van der Waals surface area contributed by atoms with Crippen LogP contribution in [-0.2, 0) is 0 Å². The molecule has 3 rings (SSSR count). The largest absolute Gasteiger partial charge is 0.508 e. The summed E-state index contributed by atoms with van der Waals surface area (Å²) in [6.45, 7) is 0. The fraction of sp³-hybridized carbons (Fsp3) is 0. The van der Waals surface area contributed by atoms with Gasteiger partial charge < -0.3 is 5.11 Å². The molecule has 5 heteroatoms. The molecule has 3 aromatic rings. The number of phenols is 1. The average molecular weight is 307 g/mol. The van der Waals surface area contributed by atoms with Gasteiger partial charge in [-0.15, -0.1) is 11.3 Å². The number of benzene rings is 1. The Morgan fingerprint density at radius 3 is 2.88 bits per heavy atom. The van der Waals surface area contributed by atoms with E-state index in [4.69, 9.17) is 0 Å². The van der Waals surface area contributed by atoms with Gasteiger partial charge in [0.2, 0.25) is 0 Å². The lowest BCUT2D eigenvalue weighted by Gasteiger charge is -1.94. The highest BCUT2D eigenvalue weighted by Crippen LogP contribution is 2.32. The van der Waals surface area contributed by atoms with E-state index in [1.807, 2.05) is 18.2 Å². The normalized spacial score (nSPS) is 10.9. The van der Waals surface area contributed by atoms with E-state index in [0.29, 0.717) is 0 Å². The van der Waals surface area contributed by atoms with E-state index >= 15 is 0 Å². The topological polar surface area (TPSA) is 46.0 Å². The third-order valence-electron chi connectivity index (χ3n) is 2.35. The van der Waals surface area contributed by atoms with Gasteiger partial charge in [0.25, 0.3) is 0 Å². The molecule has 0 radical (unpaired) electrons. The fourth-order valence-electron chi connectivity index (χ4n) is 1.57. The van der Waals surface area contributed by atoms with Crippen molar-refractivity contribution in [3.05, 3.63) is 41.1 Å². The highest BCUT2D eigenvalue weighted by molar-refractivity contribution is 9.10. The second-order valence-corrected chi connectivity index (χ2v) is 5.38. The van der Waals surface area contributed by atoms with Gasteiger partial charge in [0.15, 0.2) is 0 Å². The monoisotopic (exact) mass is 306 g/mol. The fourth-order valence-corrected chi connectivity index (χ4v) is 2.93. The number of hydrogen-bond donors (Lipinski definition) is 1. The van der Waals surface area contributed by atoms with Crippen LogP contribution >= 0.6 is 27.3 Å². The van der Waals surface area contributed by atoms with Crippen LogP contribution in [0.1, 0.15) is 0 Å². The molecule has 0 aliphatic rings. The van der Waals surface area contributed by atoms with E-state index in [2.05, 4.69) is 25.9 Å². The minimum absolute atomic E-state index is 0.267. The SMILES string of the molecule is Oc1ccc2nc(-c3ccnc(Br)c3)sc2c1. The lowest BCUT2D eigenvalue weighted by Crippen LogP contribution is -1.78. The number of nitrogens with zero attached hydrogens (tertiary/aromatic N) is 2. The van der Waals surface area contributed by atoms with Gasteiger partial charge in [0.05, 0.1) is 10.2 Å². The van der Waals surface area contributed by atoms with Crippen LogP contribution in [-0.4, -0.2) is 15.1 Å². The third-order valence-corrected chi connectivity index (χ3v) is 3.85. The highest BCUT2D eigenvalue weighted by Gasteiger charge is 2.07. The minimum Gasteiger partial charge on any atom is -0.508 e. The Morgan fingerprint density at radius 2 is 2.06 bits per heavy atom. The highest BCUT2D eigenvalue weighted by atomic mass is 79.9. The van der Waals surface area contributed by atoms with Gasteiger partial charge in [-0.05, 0) is 46.3 Å². The van der Waals surface area contributed by atoms with Crippen LogP contribution < -0.4 is 0 Å². The van der Waals surface area contributed by atoms with Crippen LogP contribution in [0.4, 0.5) is 0 Å². The van der Waals surface area contributed by atoms with Gasteiger partial charge >= 0.3 is 0 Å². The molecular formula is C12H7BrN2OS. The Balaban J connectivity index is 2.18. The first-order valence-corrected chi connectivity index (χ1v) is 6.55. The smallest absolute Gasteiger partial charge is 0.124 e. The Kier molecular flexibility index (Phi) is 2.57. The van der Waals surface area contributed by atoms with Crippen molar-refractivity contribution in [1.82, 2.24) is 9.97 Å². The van der Waals surface area contributed by atoms with Gasteiger partial charge in [-0.3, -0.25) is 0 Å². The van der Waals surface area contributed by atoms with Crippen LogP contribution in [0.25, 0.3) is 20.8 Å². The lowest BCUT2D eigenvalue weighted by molar-refractivity contribution is 0.476. The summed E-state index contributed by atoms with van der Waals surface area (Å²) in [4.78, 5) is 8.61. The van der Waals surface area contributed by atoms with Crippen molar-refractivity contribution in [2.75, 3.05) is 0 Å². The molecule has 0 aliphatic heterocycles. The molecule has 2 heterocycles. The summed E-state index contributed by atoms with van der Waals surface area (Å²) >= 11 is 4.89. The first-order valence-electron chi connectivity index (χ1n) is 4.94. The van der Waals surface area contributed by atoms with Gasteiger partial charge in [-0.25, -0.2) is 9.97 Å². The standard InChI is InChI=1S/C12H7BrN2OS/c13-11-5-7(3-4-14-11)12-15-9-2-1-8(16)6-10(9)17-12/h1-6,16H. The molecule has 2 aromatic heterocycles. The average Bonchev–Trinajstić information content (AvgIpc) is 2.72. The number of hydrogen-bond acceptors (Lipinski definition) is 4. The van der Waals surface area contributed by atoms with Gasteiger partial charge in [0.1, 0.15) is 15.4 Å². The quantitative estimate of drug-likeness (QED) is 0.695. The van der Waals surface area contributed by atoms with Gasteiger partial charge in [-0.1, -0.05) is 0 Å². The number of aromatic nitrogens is 2. The maximum absolute atomic E-state index is 9.42. The lowest BCUT2D eigenvalue weighted by atomic mass is 10.3. The molecule has 0 spiro atoms. The van der Waals surface area contributed by atoms with Crippen molar-refractivity contribution < 1.29 is 5.11 Å². The summed E-state index contributed by atoms with van der Waals surface area (Å²) in [6, 6.07) is 9.04. The van der Waals surface area contributed by atoms with Crippen molar-refractivity contribution in [3.63, 3.8) is 0 Å². The number of rotatable bonds is 1. The van der Waals surface area contributed by atoms with Crippen molar-refractivity contribution in [2.24, 2.45) is 0 Å². The minimum atomic E-state index is 0.267. The molecule has 0 fully saturated rings. The number of thiazole rings is 1. The summed E-state index contributed by atoms with van der Waals surface area (Å²) in [5.41, 5.74) is 1.92. The van der Waals surface area contributed by atoms with Crippen molar-refractivity contribution in [3.8, 4) is 16.3 Å². The number of pyridine rings is 1. The zero-order valence-electron chi connectivity index (χ0n) is 8.59. The molecule has 17 heavy (non-hydrogen) atoms. The molecule has 1 N–H and O–H groups in total. The second-order valence-electron chi connectivity index (χ2n) is 3.54. The van der Waals surface area contributed by atoms with Crippen LogP contribution in [0.15, 0.2) is 41.1 Å². The van der Waals surface area contributed by atoms with E-state index in [1.165, 1.54) is 0 Å². The molecule has 0 unspecified atom stereocenters. The molecule has 0 atom stereocenters. The Hall–Kier alpha value is -1.46. The predicted octanol–water partition coefficient (Wildman–Crippen LogP) is 3.83. The molecular weight excluding hydrogens is 300 g/mol. The van der Waals surface area contributed by atoms with Crippen molar-refractivity contribution in [2.45, 2.75) is 0 Å². The summed E-state index contributed by atoms with van der Waals surface area (Å²) < 4.78 is 1.77. The summed E-state index contributed by atoms with van der Waals surface area (Å²) in [6.07, 6.45) is 1.74. The maximum Gasteiger partial charge on any atom is 0.124 e.